The van der Waals surface area contributed by atoms with E-state index in [1.165, 1.54) is 0 Å². The molecule has 108 valence electrons. The number of methoxy groups -OCH3 is 1. The van der Waals surface area contributed by atoms with Crippen LogP contribution in [0.5, 0.6) is 5.75 Å². The van der Waals surface area contributed by atoms with Gasteiger partial charge in [0.05, 0.1) is 18.4 Å². The number of ether oxygens (including phenoxy) is 1. The van der Waals surface area contributed by atoms with E-state index in [9.17, 15) is 4.79 Å². The second kappa shape index (κ2) is 5.83. The van der Waals surface area contributed by atoms with E-state index in [0.717, 1.165) is 12.8 Å². The lowest BCUT2D eigenvalue weighted by Gasteiger charge is -2.12. The van der Waals surface area contributed by atoms with Crippen LogP contribution in [0.3, 0.4) is 0 Å². The minimum Gasteiger partial charge on any atom is -0.495 e. The quantitative estimate of drug-likeness (QED) is 0.885. The molecule has 1 heterocycles. The van der Waals surface area contributed by atoms with Crippen LogP contribution >= 0.6 is 0 Å². The summed E-state index contributed by atoms with van der Waals surface area (Å²) in [5.74, 6) is 1.06. The van der Waals surface area contributed by atoms with Crippen LogP contribution in [-0.4, -0.2) is 24.0 Å². The molecule has 1 aromatic carbocycles. The van der Waals surface area contributed by atoms with Gasteiger partial charge in [-0.1, -0.05) is 12.1 Å². The third-order valence-electron chi connectivity index (χ3n) is 3.33. The molecule has 0 aliphatic heterocycles. The second-order valence-corrected chi connectivity index (χ2v) is 4.97. The van der Waals surface area contributed by atoms with Crippen LogP contribution in [0.4, 0.5) is 11.5 Å². The van der Waals surface area contributed by atoms with Crippen molar-refractivity contribution in [1.29, 1.82) is 0 Å². The zero-order valence-corrected chi connectivity index (χ0v) is 11.8. The summed E-state index contributed by atoms with van der Waals surface area (Å²) < 4.78 is 5.24. The van der Waals surface area contributed by atoms with E-state index in [1.807, 2.05) is 18.2 Å². The van der Waals surface area contributed by atoms with E-state index in [2.05, 4.69) is 15.6 Å². The molecule has 5 nitrogen and oxygen atoms in total. The summed E-state index contributed by atoms with van der Waals surface area (Å²) in [4.78, 5) is 16.7. The first-order valence-corrected chi connectivity index (χ1v) is 6.94. The number of aromatic nitrogens is 1. The summed E-state index contributed by atoms with van der Waals surface area (Å²) in [6, 6.07) is 11.3. The fraction of sp³-hybridized carbons (Fsp3) is 0.250. The van der Waals surface area contributed by atoms with Gasteiger partial charge in [0.2, 0.25) is 0 Å². The standard InChI is InChI=1S/C16H17N3O2/c1-21-14-7-3-2-6-13(14)19-16(20)12-5-4-10-17-15(12)18-11-8-9-11/h2-7,10-11H,8-9H2,1H3,(H,17,18)(H,19,20). The van der Waals surface area contributed by atoms with Gasteiger partial charge in [-0.3, -0.25) is 4.79 Å². The third kappa shape index (κ3) is 3.13. The normalized spacial score (nSPS) is 13.6. The summed E-state index contributed by atoms with van der Waals surface area (Å²) in [6.45, 7) is 0. The highest BCUT2D eigenvalue weighted by Crippen LogP contribution is 2.27. The highest BCUT2D eigenvalue weighted by molar-refractivity contribution is 6.08. The van der Waals surface area contributed by atoms with E-state index in [4.69, 9.17) is 4.74 Å². The van der Waals surface area contributed by atoms with E-state index in [-0.39, 0.29) is 5.91 Å². The molecule has 0 radical (unpaired) electrons. The Kier molecular flexibility index (Phi) is 3.73. The van der Waals surface area contributed by atoms with Crippen molar-refractivity contribution in [3.05, 3.63) is 48.2 Å². The molecule has 2 aromatic rings. The molecule has 1 aromatic heterocycles. The number of carbonyl (C=O) groups is 1. The number of hydrogen-bond donors (Lipinski definition) is 2. The molecule has 0 bridgehead atoms. The van der Waals surface area contributed by atoms with Crippen LogP contribution in [0.15, 0.2) is 42.6 Å². The lowest BCUT2D eigenvalue weighted by molar-refractivity contribution is 0.102. The molecular formula is C16H17N3O2. The number of pyridine rings is 1. The topological polar surface area (TPSA) is 63.2 Å². The van der Waals surface area contributed by atoms with Gasteiger partial charge in [-0.25, -0.2) is 4.98 Å². The van der Waals surface area contributed by atoms with Crippen molar-refractivity contribution >= 4 is 17.4 Å². The Labute approximate surface area is 123 Å². The second-order valence-electron chi connectivity index (χ2n) is 4.97. The lowest BCUT2D eigenvalue weighted by Crippen LogP contribution is -2.16. The van der Waals surface area contributed by atoms with Gasteiger partial charge in [0.15, 0.2) is 0 Å². The number of carbonyl (C=O) groups excluding carboxylic acids is 1. The van der Waals surface area contributed by atoms with E-state index < -0.39 is 0 Å². The maximum absolute atomic E-state index is 12.5. The molecule has 1 aliphatic rings. The SMILES string of the molecule is COc1ccccc1NC(=O)c1cccnc1NC1CC1. The molecule has 5 heteroatoms. The smallest absolute Gasteiger partial charge is 0.259 e. The predicted octanol–water partition coefficient (Wildman–Crippen LogP) is 2.92. The van der Waals surface area contributed by atoms with E-state index >= 15 is 0 Å². The number of nitrogens with one attached hydrogen (secondary N) is 2. The molecule has 1 aliphatic carbocycles. The van der Waals surface area contributed by atoms with Crippen molar-refractivity contribution < 1.29 is 9.53 Å². The third-order valence-corrected chi connectivity index (χ3v) is 3.33. The first kappa shape index (κ1) is 13.4. The molecule has 1 saturated carbocycles. The summed E-state index contributed by atoms with van der Waals surface area (Å²) >= 11 is 0. The number of hydrogen-bond acceptors (Lipinski definition) is 4. The minimum atomic E-state index is -0.198. The number of benzene rings is 1. The monoisotopic (exact) mass is 283 g/mol. The van der Waals surface area contributed by atoms with Gasteiger partial charge in [-0.05, 0) is 37.1 Å². The average molecular weight is 283 g/mol. The van der Waals surface area contributed by atoms with Crippen molar-refractivity contribution in [1.82, 2.24) is 4.98 Å². The summed E-state index contributed by atoms with van der Waals surface area (Å²) in [7, 11) is 1.58. The van der Waals surface area contributed by atoms with E-state index in [1.54, 1.807) is 31.5 Å². The maximum atomic E-state index is 12.5. The predicted molar refractivity (Wildman–Crippen MR) is 81.8 cm³/mol. The van der Waals surface area contributed by atoms with Crippen molar-refractivity contribution in [2.24, 2.45) is 0 Å². The van der Waals surface area contributed by atoms with Crippen LogP contribution < -0.4 is 15.4 Å². The van der Waals surface area contributed by atoms with Crippen LogP contribution in [0, 0.1) is 0 Å². The van der Waals surface area contributed by atoms with Crippen LogP contribution in [0.2, 0.25) is 0 Å². The van der Waals surface area contributed by atoms with Crippen molar-refractivity contribution in [3.8, 4) is 5.75 Å². The maximum Gasteiger partial charge on any atom is 0.259 e. The zero-order chi connectivity index (χ0) is 14.7. The molecule has 0 spiro atoms. The summed E-state index contributed by atoms with van der Waals surface area (Å²) in [5.41, 5.74) is 1.18. The lowest BCUT2D eigenvalue weighted by atomic mass is 10.2. The fourth-order valence-corrected chi connectivity index (χ4v) is 2.06. The molecule has 2 N–H and O–H groups in total. The van der Waals surface area contributed by atoms with Gasteiger partial charge < -0.3 is 15.4 Å². The molecule has 0 atom stereocenters. The Morgan fingerprint density at radius 2 is 2.05 bits per heavy atom. The Hall–Kier alpha value is -2.56. The molecular weight excluding hydrogens is 266 g/mol. The molecule has 3 rings (SSSR count). The minimum absolute atomic E-state index is 0.198. The van der Waals surface area contributed by atoms with Gasteiger partial charge in [-0.15, -0.1) is 0 Å². The van der Waals surface area contributed by atoms with Crippen molar-refractivity contribution in [2.45, 2.75) is 18.9 Å². The Morgan fingerprint density at radius 3 is 2.81 bits per heavy atom. The number of amides is 1. The van der Waals surface area contributed by atoms with Crippen LogP contribution in [0.25, 0.3) is 0 Å². The van der Waals surface area contributed by atoms with Gasteiger partial charge in [0.25, 0.3) is 5.91 Å². The molecule has 1 fully saturated rings. The van der Waals surface area contributed by atoms with Gasteiger partial charge in [0.1, 0.15) is 11.6 Å². The zero-order valence-electron chi connectivity index (χ0n) is 11.8. The summed E-state index contributed by atoms with van der Waals surface area (Å²) in [5, 5.41) is 6.14. The van der Waals surface area contributed by atoms with Gasteiger partial charge in [-0.2, -0.15) is 0 Å². The van der Waals surface area contributed by atoms with Gasteiger partial charge in [0, 0.05) is 12.2 Å². The summed E-state index contributed by atoms with van der Waals surface area (Å²) in [6.07, 6.45) is 3.94. The Balaban J connectivity index is 1.81. The Morgan fingerprint density at radius 1 is 1.24 bits per heavy atom. The van der Waals surface area contributed by atoms with Crippen molar-refractivity contribution in [3.63, 3.8) is 0 Å². The largest absolute Gasteiger partial charge is 0.495 e. The highest BCUT2D eigenvalue weighted by Gasteiger charge is 2.24. The number of rotatable bonds is 5. The van der Waals surface area contributed by atoms with Crippen LogP contribution in [-0.2, 0) is 0 Å². The van der Waals surface area contributed by atoms with E-state index in [0.29, 0.717) is 28.9 Å². The Bertz CT molecular complexity index is 653. The molecule has 21 heavy (non-hydrogen) atoms. The molecule has 0 saturated heterocycles. The van der Waals surface area contributed by atoms with Crippen LogP contribution in [0.1, 0.15) is 23.2 Å². The number of nitrogens with zero attached hydrogens (tertiary/aromatic N) is 1. The highest BCUT2D eigenvalue weighted by atomic mass is 16.5. The van der Waals surface area contributed by atoms with Crippen molar-refractivity contribution in [2.75, 3.05) is 17.7 Å². The number of para-hydroxylation sites is 2. The first-order chi connectivity index (χ1) is 10.3. The first-order valence-electron chi connectivity index (χ1n) is 6.94. The number of anilines is 2. The molecule has 1 amide bonds. The van der Waals surface area contributed by atoms with Gasteiger partial charge >= 0.3 is 0 Å². The average Bonchev–Trinajstić information content (AvgIpc) is 3.32. The molecule has 0 unspecified atom stereocenters. The fourth-order valence-electron chi connectivity index (χ4n) is 2.06.